The fourth-order valence-corrected chi connectivity index (χ4v) is 6.92. The second-order valence-corrected chi connectivity index (χ2v) is 11.2. The van der Waals surface area contributed by atoms with E-state index < -0.39 is 10.1 Å². The second-order valence-electron chi connectivity index (χ2n) is 7.67. The van der Waals surface area contributed by atoms with Crippen molar-refractivity contribution in [3.8, 4) is 5.75 Å². The van der Waals surface area contributed by atoms with Crippen molar-refractivity contribution in [2.24, 2.45) is 0 Å². The van der Waals surface area contributed by atoms with Gasteiger partial charge >= 0.3 is 10.1 Å². The van der Waals surface area contributed by atoms with Crippen molar-refractivity contribution in [1.82, 2.24) is 0 Å². The van der Waals surface area contributed by atoms with Crippen molar-refractivity contribution in [3.05, 3.63) is 114 Å². The average molecular weight is 462 g/mol. The third kappa shape index (κ3) is 4.74. The maximum absolute atomic E-state index is 12.8. The van der Waals surface area contributed by atoms with E-state index in [0.29, 0.717) is 5.75 Å². The fraction of sp³-hybridized carbons (Fsp3) is 0.111. The minimum absolute atomic E-state index is 0.149. The molecule has 162 valence electrons. The SMILES string of the molecule is Cc1ccc(S(=O)(=O)Oc2cc(C)c([S+](c3ccccc3)c3ccccc3)c(C)c2)cc1. The minimum atomic E-state index is -3.90. The van der Waals surface area contributed by atoms with Crippen molar-refractivity contribution in [2.45, 2.75) is 40.4 Å². The molecule has 4 aromatic carbocycles. The van der Waals surface area contributed by atoms with Gasteiger partial charge in [-0.1, -0.05) is 54.1 Å². The van der Waals surface area contributed by atoms with Crippen molar-refractivity contribution < 1.29 is 12.6 Å². The topological polar surface area (TPSA) is 43.4 Å². The van der Waals surface area contributed by atoms with E-state index in [9.17, 15) is 8.42 Å². The Balaban J connectivity index is 1.75. The maximum Gasteiger partial charge on any atom is 0.339 e. The first-order chi connectivity index (χ1) is 15.3. The molecular formula is C27H25O3S2+. The Morgan fingerprint density at radius 2 is 1.12 bits per heavy atom. The Hall–Kier alpha value is -3.02. The molecule has 5 heteroatoms. The highest BCUT2D eigenvalue weighted by atomic mass is 32.2. The normalized spacial score (nSPS) is 11.5. The van der Waals surface area contributed by atoms with Crippen molar-refractivity contribution in [1.29, 1.82) is 0 Å². The van der Waals surface area contributed by atoms with E-state index in [1.165, 1.54) is 14.7 Å². The van der Waals surface area contributed by atoms with E-state index in [-0.39, 0.29) is 15.8 Å². The Morgan fingerprint density at radius 1 is 0.656 bits per heavy atom. The third-order valence-corrected chi connectivity index (χ3v) is 8.91. The molecule has 3 nitrogen and oxygen atoms in total. The van der Waals surface area contributed by atoms with Gasteiger partial charge in [0.25, 0.3) is 0 Å². The first-order valence-electron chi connectivity index (χ1n) is 10.3. The lowest BCUT2D eigenvalue weighted by Crippen LogP contribution is -2.12. The Labute approximate surface area is 193 Å². The van der Waals surface area contributed by atoms with Crippen LogP contribution in [0.25, 0.3) is 0 Å². The molecule has 0 saturated carbocycles. The van der Waals surface area contributed by atoms with Crippen LogP contribution in [-0.2, 0) is 21.0 Å². The molecule has 4 rings (SSSR count). The highest BCUT2D eigenvalue weighted by Crippen LogP contribution is 2.37. The van der Waals surface area contributed by atoms with Gasteiger partial charge in [-0.05, 0) is 69.3 Å². The van der Waals surface area contributed by atoms with E-state index in [4.69, 9.17) is 4.18 Å². The van der Waals surface area contributed by atoms with Gasteiger partial charge in [0, 0.05) is 11.1 Å². The highest BCUT2D eigenvalue weighted by Gasteiger charge is 2.32. The van der Waals surface area contributed by atoms with E-state index >= 15 is 0 Å². The first kappa shape index (κ1) is 22.2. The van der Waals surface area contributed by atoms with Crippen LogP contribution in [0.15, 0.2) is 117 Å². The van der Waals surface area contributed by atoms with Crippen LogP contribution < -0.4 is 4.18 Å². The van der Waals surface area contributed by atoms with Gasteiger partial charge in [-0.25, -0.2) is 0 Å². The zero-order valence-corrected chi connectivity index (χ0v) is 19.9. The number of hydrogen-bond acceptors (Lipinski definition) is 3. The van der Waals surface area contributed by atoms with Crippen LogP contribution in [0, 0.1) is 20.8 Å². The molecule has 0 aromatic heterocycles. The Bertz CT molecular complexity index is 1250. The minimum Gasteiger partial charge on any atom is -0.379 e. The number of benzene rings is 4. The van der Waals surface area contributed by atoms with Crippen LogP contribution in [0.2, 0.25) is 0 Å². The lowest BCUT2D eigenvalue weighted by molar-refractivity contribution is 0.485. The molecule has 0 saturated heterocycles. The number of aryl methyl sites for hydroxylation is 3. The first-order valence-corrected chi connectivity index (χ1v) is 13.0. The summed E-state index contributed by atoms with van der Waals surface area (Å²) in [6.45, 7) is 5.94. The van der Waals surface area contributed by atoms with E-state index in [1.807, 2.05) is 45.0 Å². The van der Waals surface area contributed by atoms with Crippen LogP contribution >= 0.6 is 0 Å². The fourth-order valence-electron chi connectivity index (χ4n) is 3.65. The molecule has 0 aliphatic carbocycles. The zero-order chi connectivity index (χ0) is 22.7. The standard InChI is InChI=1S/C27H25O3S2/c1-20-14-16-26(17-15-20)32(28,29)30-23-18-21(2)27(22(3)19-23)31(24-10-6-4-7-11-24)25-12-8-5-9-13-25/h4-19H,1-3H3/q+1. The molecule has 0 bridgehead atoms. The average Bonchev–Trinajstić information content (AvgIpc) is 2.77. The van der Waals surface area contributed by atoms with Crippen LogP contribution in [0.3, 0.4) is 0 Å². The predicted octanol–water partition coefficient (Wildman–Crippen LogP) is 6.47. The van der Waals surface area contributed by atoms with Crippen LogP contribution in [-0.4, -0.2) is 8.42 Å². The molecular weight excluding hydrogens is 436 g/mol. The summed E-state index contributed by atoms with van der Waals surface area (Å²) in [6, 6.07) is 31.1. The van der Waals surface area contributed by atoms with Gasteiger partial charge in [0.1, 0.15) is 10.6 Å². The quantitative estimate of drug-likeness (QED) is 0.244. The highest BCUT2D eigenvalue weighted by molar-refractivity contribution is 7.97. The summed E-state index contributed by atoms with van der Waals surface area (Å²) >= 11 is 0. The number of hydrogen-bond donors (Lipinski definition) is 0. The lowest BCUT2D eigenvalue weighted by atomic mass is 10.1. The van der Waals surface area contributed by atoms with Crippen LogP contribution in [0.5, 0.6) is 5.75 Å². The van der Waals surface area contributed by atoms with Crippen LogP contribution in [0.4, 0.5) is 0 Å². The summed E-state index contributed by atoms with van der Waals surface area (Å²) in [7, 11) is -4.21. The number of rotatable bonds is 6. The molecule has 0 aliphatic heterocycles. The van der Waals surface area contributed by atoms with Crippen LogP contribution in [0.1, 0.15) is 16.7 Å². The van der Waals surface area contributed by atoms with Gasteiger partial charge in [-0.15, -0.1) is 0 Å². The molecule has 0 unspecified atom stereocenters. The molecule has 0 fully saturated rings. The molecule has 0 aliphatic rings. The van der Waals surface area contributed by atoms with Gasteiger partial charge in [-0.2, -0.15) is 8.42 Å². The molecule has 0 heterocycles. The summed E-state index contributed by atoms with van der Waals surface area (Å²) in [5.41, 5.74) is 2.99. The summed E-state index contributed by atoms with van der Waals surface area (Å²) in [5.74, 6) is 0.328. The summed E-state index contributed by atoms with van der Waals surface area (Å²) in [4.78, 5) is 3.76. The molecule has 0 spiro atoms. The Morgan fingerprint density at radius 3 is 1.59 bits per heavy atom. The predicted molar refractivity (Wildman–Crippen MR) is 130 cm³/mol. The van der Waals surface area contributed by atoms with Crippen molar-refractivity contribution >= 4 is 21.0 Å². The summed E-state index contributed by atoms with van der Waals surface area (Å²) in [6.07, 6.45) is 0. The van der Waals surface area contributed by atoms with Crippen molar-refractivity contribution in [2.75, 3.05) is 0 Å². The van der Waals surface area contributed by atoms with E-state index in [2.05, 4.69) is 48.5 Å². The second kappa shape index (κ2) is 9.23. The molecule has 0 radical (unpaired) electrons. The third-order valence-electron chi connectivity index (χ3n) is 5.11. The van der Waals surface area contributed by atoms with Gasteiger partial charge in [0.2, 0.25) is 0 Å². The van der Waals surface area contributed by atoms with Gasteiger partial charge in [0.05, 0.1) is 10.9 Å². The summed E-state index contributed by atoms with van der Waals surface area (Å²) < 4.78 is 31.1. The monoisotopic (exact) mass is 461 g/mol. The maximum atomic E-state index is 12.8. The molecule has 0 amide bonds. The van der Waals surface area contributed by atoms with Gasteiger partial charge in [0.15, 0.2) is 14.7 Å². The summed E-state index contributed by atoms with van der Waals surface area (Å²) in [5, 5.41) is 0. The van der Waals surface area contributed by atoms with Gasteiger partial charge in [-0.3, -0.25) is 0 Å². The Kier molecular flexibility index (Phi) is 6.40. The molecule has 32 heavy (non-hydrogen) atoms. The molecule has 0 N–H and O–H groups in total. The molecule has 4 aromatic rings. The smallest absolute Gasteiger partial charge is 0.339 e. The van der Waals surface area contributed by atoms with E-state index in [0.717, 1.165) is 16.7 Å². The van der Waals surface area contributed by atoms with Gasteiger partial charge < -0.3 is 4.18 Å². The van der Waals surface area contributed by atoms with Crippen molar-refractivity contribution in [3.63, 3.8) is 0 Å². The zero-order valence-electron chi connectivity index (χ0n) is 18.3. The van der Waals surface area contributed by atoms with E-state index in [1.54, 1.807) is 24.3 Å². The molecule has 0 atom stereocenters. The largest absolute Gasteiger partial charge is 0.379 e. The lowest BCUT2D eigenvalue weighted by Gasteiger charge is -2.15.